The molecule has 0 amide bonds. The van der Waals surface area contributed by atoms with Crippen LogP contribution in [0.15, 0.2) is 78.9 Å². The average Bonchev–Trinajstić information content (AvgIpc) is 2.77. The summed E-state index contributed by atoms with van der Waals surface area (Å²) in [5, 5.41) is 18.5. The second-order valence-electron chi connectivity index (χ2n) is 7.34. The maximum atomic E-state index is 11.6. The molecule has 0 aromatic heterocycles. The first-order chi connectivity index (χ1) is 14.2. The summed E-state index contributed by atoms with van der Waals surface area (Å²) in [7, 11) is 0. The molecule has 0 saturated carbocycles. The Labute approximate surface area is 172 Å². The Morgan fingerprint density at radius 2 is 1.38 bits per heavy atom. The largest absolute Gasteiger partial charge is 0.481 e. The zero-order chi connectivity index (χ0) is 20.5. The Hall–Kier alpha value is -3.38. The summed E-state index contributed by atoms with van der Waals surface area (Å²) >= 11 is 0. The number of hydrogen-bond donors (Lipinski definition) is 1. The van der Waals surface area contributed by atoms with Crippen LogP contribution in [-0.4, -0.2) is 11.1 Å². The van der Waals surface area contributed by atoms with Crippen LogP contribution in [0.1, 0.15) is 36.0 Å². The van der Waals surface area contributed by atoms with Gasteiger partial charge in [-0.25, -0.2) is 0 Å². The number of nitrogens with zero attached hydrogens (tertiary/aromatic N) is 1. The zero-order valence-electron chi connectivity index (χ0n) is 16.4. The van der Waals surface area contributed by atoms with Crippen molar-refractivity contribution < 1.29 is 9.90 Å². The first-order valence-corrected chi connectivity index (χ1v) is 10.0. The molecule has 3 aromatic carbocycles. The number of carbonyl (C=O) groups is 1. The Bertz CT molecular complexity index is 954. The van der Waals surface area contributed by atoms with Crippen molar-refractivity contribution in [2.75, 3.05) is 0 Å². The molecule has 29 heavy (non-hydrogen) atoms. The molecule has 0 aliphatic heterocycles. The highest BCUT2D eigenvalue weighted by Gasteiger charge is 2.17. The molecule has 1 atom stereocenters. The van der Waals surface area contributed by atoms with E-state index in [1.54, 1.807) is 0 Å². The van der Waals surface area contributed by atoms with E-state index in [-0.39, 0.29) is 5.92 Å². The molecule has 3 aromatic rings. The summed E-state index contributed by atoms with van der Waals surface area (Å²) in [6, 6.07) is 28.1. The number of aryl methyl sites for hydroxylation is 2. The molecule has 3 rings (SSSR count). The Morgan fingerprint density at radius 3 is 1.97 bits per heavy atom. The Morgan fingerprint density at radius 1 is 0.793 bits per heavy atom. The fraction of sp³-hybridized carbons (Fsp3) is 0.231. The van der Waals surface area contributed by atoms with Crippen molar-refractivity contribution in [3.63, 3.8) is 0 Å². The van der Waals surface area contributed by atoms with Crippen molar-refractivity contribution in [1.29, 1.82) is 5.26 Å². The van der Waals surface area contributed by atoms with E-state index in [2.05, 4.69) is 42.5 Å². The number of nitriles is 1. The van der Waals surface area contributed by atoms with Crippen LogP contribution >= 0.6 is 0 Å². The summed E-state index contributed by atoms with van der Waals surface area (Å²) in [5.41, 5.74) is 5.22. The fourth-order valence-electron chi connectivity index (χ4n) is 3.53. The predicted octanol–water partition coefficient (Wildman–Crippen LogP) is 5.88. The van der Waals surface area contributed by atoms with E-state index in [0.29, 0.717) is 18.4 Å². The third-order valence-corrected chi connectivity index (χ3v) is 5.29. The molecule has 0 spiro atoms. The molecule has 0 bridgehead atoms. The minimum absolute atomic E-state index is 0.308. The van der Waals surface area contributed by atoms with E-state index in [1.807, 2.05) is 42.5 Å². The lowest BCUT2D eigenvalue weighted by atomic mass is 9.93. The molecule has 0 saturated heterocycles. The number of aliphatic carboxylic acids is 1. The number of hydrogen-bond acceptors (Lipinski definition) is 2. The highest BCUT2D eigenvalue weighted by molar-refractivity contribution is 5.70. The van der Waals surface area contributed by atoms with Crippen LogP contribution in [0.5, 0.6) is 0 Å². The fourth-order valence-corrected chi connectivity index (χ4v) is 3.53. The van der Waals surface area contributed by atoms with Crippen molar-refractivity contribution in [3.05, 3.63) is 95.6 Å². The smallest absolute Gasteiger partial charge is 0.306 e. The summed E-state index contributed by atoms with van der Waals surface area (Å²) < 4.78 is 0. The van der Waals surface area contributed by atoms with E-state index in [9.17, 15) is 9.90 Å². The first-order valence-electron chi connectivity index (χ1n) is 10.0. The van der Waals surface area contributed by atoms with Crippen molar-refractivity contribution in [2.45, 2.75) is 32.1 Å². The molecule has 3 heteroatoms. The van der Waals surface area contributed by atoms with E-state index >= 15 is 0 Å². The number of benzene rings is 3. The van der Waals surface area contributed by atoms with E-state index in [4.69, 9.17) is 5.26 Å². The van der Waals surface area contributed by atoms with Gasteiger partial charge in [0.2, 0.25) is 0 Å². The summed E-state index contributed by atoms with van der Waals surface area (Å²) in [6.45, 7) is 0. The van der Waals surface area contributed by atoms with E-state index < -0.39 is 5.97 Å². The van der Waals surface area contributed by atoms with Crippen LogP contribution in [0.4, 0.5) is 0 Å². The number of rotatable bonds is 9. The maximum absolute atomic E-state index is 11.6. The van der Waals surface area contributed by atoms with Gasteiger partial charge in [-0.15, -0.1) is 0 Å². The molecule has 1 unspecified atom stereocenters. The molecular weight excluding hydrogens is 358 g/mol. The van der Waals surface area contributed by atoms with Gasteiger partial charge in [0.15, 0.2) is 0 Å². The monoisotopic (exact) mass is 383 g/mol. The van der Waals surface area contributed by atoms with Gasteiger partial charge >= 0.3 is 5.97 Å². The second-order valence-corrected chi connectivity index (χ2v) is 7.34. The minimum atomic E-state index is -0.702. The number of carboxylic acids is 1. The Balaban J connectivity index is 1.52. The highest BCUT2D eigenvalue weighted by atomic mass is 16.4. The average molecular weight is 383 g/mol. The van der Waals surface area contributed by atoms with Crippen LogP contribution in [0, 0.1) is 17.2 Å². The Kier molecular flexibility index (Phi) is 7.19. The lowest BCUT2D eigenvalue weighted by Gasteiger charge is -2.12. The SMILES string of the molecule is N#Cc1ccc(-c2ccc(CCC(CCCc3ccccc3)C(=O)O)cc2)cc1. The molecule has 3 nitrogen and oxygen atoms in total. The summed E-state index contributed by atoms with van der Waals surface area (Å²) in [5.74, 6) is -1.01. The third kappa shape index (κ3) is 6.05. The van der Waals surface area contributed by atoms with Gasteiger partial charge in [0.25, 0.3) is 0 Å². The third-order valence-electron chi connectivity index (χ3n) is 5.29. The summed E-state index contributed by atoms with van der Waals surface area (Å²) in [6.07, 6.45) is 3.92. The van der Waals surface area contributed by atoms with Crippen molar-refractivity contribution in [1.82, 2.24) is 0 Å². The van der Waals surface area contributed by atoms with Crippen molar-refractivity contribution in [3.8, 4) is 17.2 Å². The summed E-state index contributed by atoms with van der Waals surface area (Å²) in [4.78, 5) is 11.6. The van der Waals surface area contributed by atoms with Crippen LogP contribution in [-0.2, 0) is 17.6 Å². The van der Waals surface area contributed by atoms with Gasteiger partial charge in [-0.2, -0.15) is 5.26 Å². The van der Waals surface area contributed by atoms with Crippen molar-refractivity contribution in [2.24, 2.45) is 5.92 Å². The molecular formula is C26H25NO2. The van der Waals surface area contributed by atoms with E-state index in [0.717, 1.165) is 36.0 Å². The molecule has 0 radical (unpaired) electrons. The molecule has 1 N–H and O–H groups in total. The van der Waals surface area contributed by atoms with Crippen LogP contribution in [0.2, 0.25) is 0 Å². The molecule has 0 aliphatic rings. The van der Waals surface area contributed by atoms with Gasteiger partial charge in [-0.1, -0.05) is 66.7 Å². The van der Waals surface area contributed by atoms with Gasteiger partial charge in [-0.3, -0.25) is 4.79 Å². The molecule has 146 valence electrons. The van der Waals surface area contributed by atoms with Crippen LogP contribution in [0.25, 0.3) is 11.1 Å². The predicted molar refractivity (Wildman–Crippen MR) is 115 cm³/mol. The topological polar surface area (TPSA) is 61.1 Å². The standard InChI is InChI=1S/C26H25NO2/c27-19-22-12-16-24(17-13-22)23-14-9-21(10-15-23)11-18-25(26(28)29)8-4-7-20-5-2-1-3-6-20/h1-3,5-6,9-10,12-17,25H,4,7-8,11,18H2,(H,28,29). The minimum Gasteiger partial charge on any atom is -0.481 e. The molecule has 0 fully saturated rings. The maximum Gasteiger partial charge on any atom is 0.306 e. The van der Waals surface area contributed by atoms with Crippen LogP contribution in [0.3, 0.4) is 0 Å². The van der Waals surface area contributed by atoms with Gasteiger partial charge in [-0.05, 0) is 66.5 Å². The molecule has 0 aliphatic carbocycles. The zero-order valence-corrected chi connectivity index (χ0v) is 16.4. The lowest BCUT2D eigenvalue weighted by molar-refractivity contribution is -0.142. The van der Waals surface area contributed by atoms with Crippen molar-refractivity contribution >= 4 is 5.97 Å². The second kappa shape index (κ2) is 10.2. The first kappa shape index (κ1) is 20.4. The van der Waals surface area contributed by atoms with Gasteiger partial charge in [0.05, 0.1) is 17.6 Å². The normalized spacial score (nSPS) is 11.6. The quantitative estimate of drug-likeness (QED) is 0.502. The number of carboxylic acid groups (broad SMARTS) is 1. The molecule has 0 heterocycles. The van der Waals surface area contributed by atoms with Crippen LogP contribution < -0.4 is 0 Å². The van der Waals surface area contributed by atoms with E-state index in [1.165, 1.54) is 5.56 Å². The highest BCUT2D eigenvalue weighted by Crippen LogP contribution is 2.22. The van der Waals surface area contributed by atoms with Gasteiger partial charge in [0.1, 0.15) is 0 Å². The van der Waals surface area contributed by atoms with Gasteiger partial charge in [0, 0.05) is 0 Å². The van der Waals surface area contributed by atoms with Gasteiger partial charge < -0.3 is 5.11 Å². The lowest BCUT2D eigenvalue weighted by Crippen LogP contribution is -2.15.